The number of amides is 2. The Labute approximate surface area is 164 Å². The van der Waals surface area contributed by atoms with Gasteiger partial charge in [-0.15, -0.1) is 0 Å². The maximum Gasteiger partial charge on any atom is 0.260 e. The molecule has 0 N–H and O–H groups in total. The third-order valence-electron chi connectivity index (χ3n) is 5.33. The molecule has 2 amide bonds. The van der Waals surface area contributed by atoms with Crippen LogP contribution in [0.2, 0.25) is 0 Å². The van der Waals surface area contributed by atoms with Crippen LogP contribution in [-0.2, 0) is 14.3 Å². The Kier molecular flexibility index (Phi) is 5.58. The summed E-state index contributed by atoms with van der Waals surface area (Å²) in [5.74, 6) is 0.695. The lowest BCUT2D eigenvalue weighted by Gasteiger charge is -2.38. The van der Waals surface area contributed by atoms with Gasteiger partial charge in [-0.3, -0.25) is 9.59 Å². The van der Waals surface area contributed by atoms with Gasteiger partial charge in [0.25, 0.3) is 11.8 Å². The molecule has 6 nitrogen and oxygen atoms in total. The summed E-state index contributed by atoms with van der Waals surface area (Å²) >= 11 is 0. The van der Waals surface area contributed by atoms with Crippen molar-refractivity contribution in [1.29, 1.82) is 0 Å². The number of para-hydroxylation sites is 2. The summed E-state index contributed by atoms with van der Waals surface area (Å²) in [6.45, 7) is 1.84. The highest BCUT2D eigenvalue weighted by molar-refractivity contribution is 5.94. The van der Waals surface area contributed by atoms with Gasteiger partial charge in [-0.05, 0) is 30.7 Å². The molecule has 2 aromatic rings. The molecule has 2 saturated heterocycles. The maximum atomic E-state index is 12.6. The third-order valence-corrected chi connectivity index (χ3v) is 5.33. The van der Waals surface area contributed by atoms with E-state index in [1.54, 1.807) is 4.90 Å². The molecule has 4 rings (SSSR count). The topological polar surface area (TPSA) is 59.1 Å². The fraction of sp³-hybridized carbons (Fsp3) is 0.364. The van der Waals surface area contributed by atoms with Crippen LogP contribution in [0.5, 0.6) is 5.75 Å². The van der Waals surface area contributed by atoms with Gasteiger partial charge in [0, 0.05) is 31.2 Å². The van der Waals surface area contributed by atoms with E-state index in [0.717, 1.165) is 12.1 Å². The second-order valence-electron chi connectivity index (χ2n) is 7.18. The summed E-state index contributed by atoms with van der Waals surface area (Å²) in [7, 11) is 0. The molecule has 0 bridgehead atoms. The van der Waals surface area contributed by atoms with Crippen LogP contribution in [0.1, 0.15) is 6.42 Å². The van der Waals surface area contributed by atoms with Crippen molar-refractivity contribution in [2.75, 3.05) is 37.7 Å². The van der Waals surface area contributed by atoms with Crippen molar-refractivity contribution < 1.29 is 19.1 Å². The van der Waals surface area contributed by atoms with Crippen LogP contribution in [0.25, 0.3) is 0 Å². The van der Waals surface area contributed by atoms with Gasteiger partial charge in [0.15, 0.2) is 6.61 Å². The van der Waals surface area contributed by atoms with Gasteiger partial charge in [0.1, 0.15) is 12.4 Å². The Morgan fingerprint density at radius 1 is 1.04 bits per heavy atom. The van der Waals surface area contributed by atoms with E-state index in [1.165, 1.54) is 0 Å². The Morgan fingerprint density at radius 3 is 2.50 bits per heavy atom. The zero-order chi connectivity index (χ0) is 19.3. The van der Waals surface area contributed by atoms with Gasteiger partial charge in [-0.1, -0.05) is 36.4 Å². The number of carbonyl (C=O) groups is 2. The fourth-order valence-corrected chi connectivity index (χ4v) is 3.83. The van der Waals surface area contributed by atoms with Crippen molar-refractivity contribution in [3.05, 3.63) is 60.7 Å². The molecule has 28 heavy (non-hydrogen) atoms. The van der Waals surface area contributed by atoms with Crippen LogP contribution >= 0.6 is 0 Å². The van der Waals surface area contributed by atoms with E-state index in [2.05, 4.69) is 0 Å². The smallest absolute Gasteiger partial charge is 0.260 e. The van der Waals surface area contributed by atoms with Gasteiger partial charge < -0.3 is 19.3 Å². The van der Waals surface area contributed by atoms with Crippen molar-refractivity contribution in [3.8, 4) is 5.75 Å². The molecule has 0 aromatic heterocycles. The van der Waals surface area contributed by atoms with Gasteiger partial charge in [0.05, 0.1) is 6.10 Å². The molecule has 146 valence electrons. The fourth-order valence-electron chi connectivity index (χ4n) is 3.83. The van der Waals surface area contributed by atoms with E-state index < -0.39 is 0 Å². The Balaban J connectivity index is 1.40. The van der Waals surface area contributed by atoms with Crippen LogP contribution in [0.4, 0.5) is 5.69 Å². The number of anilines is 1. The van der Waals surface area contributed by atoms with E-state index in [-0.39, 0.29) is 37.0 Å². The molecule has 2 atom stereocenters. The van der Waals surface area contributed by atoms with Crippen molar-refractivity contribution in [2.24, 2.45) is 5.92 Å². The monoisotopic (exact) mass is 380 g/mol. The zero-order valence-corrected chi connectivity index (χ0v) is 15.7. The standard InChI is InChI=1S/C22H24N2O4/c25-21(15-27-19-9-5-2-6-10-19)23-12-11-20-17(13-23)14-24(22(26)16-28-20)18-7-3-1-4-8-18/h1-10,17,20H,11-16H2/t17-,20+/m1/s1. The lowest BCUT2D eigenvalue weighted by atomic mass is 9.94. The first-order chi connectivity index (χ1) is 13.7. The number of ether oxygens (including phenoxy) is 2. The van der Waals surface area contributed by atoms with Crippen molar-refractivity contribution in [3.63, 3.8) is 0 Å². The van der Waals surface area contributed by atoms with Crippen molar-refractivity contribution in [2.45, 2.75) is 12.5 Å². The molecule has 0 radical (unpaired) electrons. The number of fused-ring (bicyclic) bond motifs is 1. The van der Waals surface area contributed by atoms with Crippen LogP contribution in [-0.4, -0.2) is 55.7 Å². The van der Waals surface area contributed by atoms with Crippen molar-refractivity contribution in [1.82, 2.24) is 4.90 Å². The Hall–Kier alpha value is -2.86. The molecule has 0 saturated carbocycles. The van der Waals surface area contributed by atoms with Gasteiger partial charge in [0.2, 0.25) is 0 Å². The van der Waals surface area contributed by atoms with Crippen molar-refractivity contribution >= 4 is 17.5 Å². The molecule has 2 heterocycles. The summed E-state index contributed by atoms with van der Waals surface area (Å²) in [6.07, 6.45) is 0.731. The minimum absolute atomic E-state index is 0.00301. The average Bonchev–Trinajstić information content (AvgIpc) is 2.92. The van der Waals surface area contributed by atoms with E-state index in [0.29, 0.717) is 25.4 Å². The average molecular weight is 380 g/mol. The molecular formula is C22H24N2O4. The molecule has 2 aliphatic rings. The van der Waals surface area contributed by atoms with E-state index >= 15 is 0 Å². The number of rotatable bonds is 4. The van der Waals surface area contributed by atoms with Gasteiger partial charge in [-0.25, -0.2) is 0 Å². The summed E-state index contributed by atoms with van der Waals surface area (Å²) in [4.78, 5) is 28.8. The number of nitrogens with zero attached hydrogens (tertiary/aromatic N) is 2. The highest BCUT2D eigenvalue weighted by atomic mass is 16.5. The molecule has 2 fully saturated rings. The molecule has 6 heteroatoms. The molecular weight excluding hydrogens is 356 g/mol. The predicted molar refractivity (Wildman–Crippen MR) is 105 cm³/mol. The van der Waals surface area contributed by atoms with E-state index in [4.69, 9.17) is 9.47 Å². The lowest BCUT2D eigenvalue weighted by molar-refractivity contribution is -0.138. The van der Waals surface area contributed by atoms with Crippen LogP contribution in [0, 0.1) is 5.92 Å². The van der Waals surface area contributed by atoms with Crippen LogP contribution in [0.3, 0.4) is 0 Å². The quantitative estimate of drug-likeness (QED) is 0.817. The SMILES string of the molecule is O=C(COc1ccccc1)N1CC[C@@H]2OCC(=O)N(c3ccccc3)C[C@H]2C1. The minimum atomic E-state index is -0.0378. The maximum absolute atomic E-state index is 12.6. The third kappa shape index (κ3) is 4.17. The predicted octanol–water partition coefficient (Wildman–Crippen LogP) is 2.35. The number of benzene rings is 2. The summed E-state index contributed by atoms with van der Waals surface area (Å²) in [5, 5.41) is 0. The molecule has 2 aliphatic heterocycles. The summed E-state index contributed by atoms with van der Waals surface area (Å²) in [6, 6.07) is 19.0. The molecule has 0 aliphatic carbocycles. The summed E-state index contributed by atoms with van der Waals surface area (Å²) < 4.78 is 11.5. The first kappa shape index (κ1) is 18.5. The van der Waals surface area contributed by atoms with Gasteiger partial charge >= 0.3 is 0 Å². The second-order valence-corrected chi connectivity index (χ2v) is 7.18. The summed E-state index contributed by atoms with van der Waals surface area (Å²) in [5.41, 5.74) is 0.868. The first-order valence-electron chi connectivity index (χ1n) is 9.63. The Morgan fingerprint density at radius 2 is 1.75 bits per heavy atom. The largest absolute Gasteiger partial charge is 0.484 e. The normalized spacial score (nSPS) is 22.4. The lowest BCUT2D eigenvalue weighted by Crippen LogP contribution is -2.50. The highest BCUT2D eigenvalue weighted by Gasteiger charge is 2.37. The molecule has 0 spiro atoms. The minimum Gasteiger partial charge on any atom is -0.484 e. The Bertz CT molecular complexity index is 812. The number of carbonyl (C=O) groups excluding carboxylic acids is 2. The number of hydrogen-bond acceptors (Lipinski definition) is 4. The number of hydrogen-bond donors (Lipinski definition) is 0. The van der Waals surface area contributed by atoms with Crippen LogP contribution in [0.15, 0.2) is 60.7 Å². The molecule has 2 aromatic carbocycles. The molecule has 0 unspecified atom stereocenters. The first-order valence-corrected chi connectivity index (χ1v) is 9.63. The number of piperidine rings is 1. The highest BCUT2D eigenvalue weighted by Crippen LogP contribution is 2.27. The zero-order valence-electron chi connectivity index (χ0n) is 15.7. The van der Waals surface area contributed by atoms with Gasteiger partial charge in [-0.2, -0.15) is 0 Å². The van der Waals surface area contributed by atoms with Crippen LogP contribution < -0.4 is 9.64 Å². The second kappa shape index (κ2) is 8.44. The van der Waals surface area contributed by atoms with E-state index in [1.807, 2.05) is 65.6 Å². The van der Waals surface area contributed by atoms with E-state index in [9.17, 15) is 9.59 Å². The number of likely N-dealkylation sites (tertiary alicyclic amines) is 1.